The lowest BCUT2D eigenvalue weighted by Crippen LogP contribution is -2.21. The van der Waals surface area contributed by atoms with Crippen LogP contribution in [0.15, 0.2) is 28.8 Å². The van der Waals surface area contributed by atoms with E-state index in [-0.39, 0.29) is 5.92 Å². The molecule has 98 valence electrons. The smallest absolute Gasteiger partial charge is 0.306 e. The molecule has 19 heavy (non-hydrogen) atoms. The Labute approximate surface area is 115 Å². The number of aliphatic carboxylic acids is 1. The van der Waals surface area contributed by atoms with Gasteiger partial charge < -0.3 is 9.63 Å². The third-order valence-electron chi connectivity index (χ3n) is 3.51. The normalized spacial score (nSPS) is 18.1. The molecule has 1 aromatic carbocycles. The summed E-state index contributed by atoms with van der Waals surface area (Å²) in [6.07, 6.45) is 1.72. The SMILES string of the molecule is O=C(O)C1CCc2onc(-c3ccc(Cl)cc3)c2C1. The number of hydrogen-bond donors (Lipinski definition) is 1. The highest BCUT2D eigenvalue weighted by Gasteiger charge is 2.29. The number of nitrogens with zero attached hydrogens (tertiary/aromatic N) is 1. The van der Waals surface area contributed by atoms with E-state index >= 15 is 0 Å². The van der Waals surface area contributed by atoms with E-state index in [9.17, 15) is 4.79 Å². The number of halogens is 1. The van der Waals surface area contributed by atoms with Gasteiger partial charge in [-0.05, 0) is 25.0 Å². The minimum absolute atomic E-state index is 0.349. The highest BCUT2D eigenvalue weighted by Crippen LogP contribution is 2.33. The Morgan fingerprint density at radius 1 is 1.37 bits per heavy atom. The zero-order valence-corrected chi connectivity index (χ0v) is 10.9. The van der Waals surface area contributed by atoms with Crippen molar-refractivity contribution in [3.8, 4) is 11.3 Å². The monoisotopic (exact) mass is 277 g/mol. The van der Waals surface area contributed by atoms with Crippen molar-refractivity contribution in [3.05, 3.63) is 40.6 Å². The first-order valence-corrected chi connectivity index (χ1v) is 6.49. The standard InChI is InChI=1S/C14H12ClNO3/c15-10-4-1-8(2-5-10)13-11-7-9(14(17)18)3-6-12(11)19-16-13/h1-2,4-5,9H,3,6-7H2,(H,17,18). The molecule has 0 radical (unpaired) electrons. The fourth-order valence-electron chi connectivity index (χ4n) is 2.45. The van der Waals surface area contributed by atoms with Crippen LogP contribution in [0.25, 0.3) is 11.3 Å². The molecular formula is C14H12ClNO3. The zero-order chi connectivity index (χ0) is 13.4. The Morgan fingerprint density at radius 3 is 2.79 bits per heavy atom. The maximum absolute atomic E-state index is 11.1. The van der Waals surface area contributed by atoms with E-state index in [4.69, 9.17) is 21.2 Å². The van der Waals surface area contributed by atoms with Gasteiger partial charge in [0.2, 0.25) is 0 Å². The number of carboxylic acid groups (broad SMARTS) is 1. The van der Waals surface area contributed by atoms with Gasteiger partial charge in [-0.1, -0.05) is 28.9 Å². The van der Waals surface area contributed by atoms with Crippen LogP contribution in [-0.4, -0.2) is 16.2 Å². The molecular weight excluding hydrogens is 266 g/mol. The van der Waals surface area contributed by atoms with Crippen LogP contribution in [0, 0.1) is 5.92 Å². The second kappa shape index (κ2) is 4.70. The predicted molar refractivity (Wildman–Crippen MR) is 70.1 cm³/mol. The second-order valence-electron chi connectivity index (χ2n) is 4.72. The van der Waals surface area contributed by atoms with Gasteiger partial charge in [0.15, 0.2) is 0 Å². The van der Waals surface area contributed by atoms with Crippen molar-refractivity contribution >= 4 is 17.6 Å². The van der Waals surface area contributed by atoms with Crippen LogP contribution in [-0.2, 0) is 17.6 Å². The molecule has 1 aliphatic carbocycles. The molecule has 0 aliphatic heterocycles. The number of carboxylic acids is 1. The van der Waals surface area contributed by atoms with Gasteiger partial charge in [-0.2, -0.15) is 0 Å². The first kappa shape index (κ1) is 12.2. The number of fused-ring (bicyclic) bond motifs is 1. The third-order valence-corrected chi connectivity index (χ3v) is 3.76. The molecule has 0 bridgehead atoms. The molecule has 4 nitrogen and oxygen atoms in total. The van der Waals surface area contributed by atoms with Crippen LogP contribution in [0.1, 0.15) is 17.7 Å². The maximum atomic E-state index is 11.1. The lowest BCUT2D eigenvalue weighted by molar-refractivity contribution is -0.142. The van der Waals surface area contributed by atoms with Gasteiger partial charge >= 0.3 is 5.97 Å². The van der Waals surface area contributed by atoms with Gasteiger partial charge in [-0.25, -0.2) is 0 Å². The van der Waals surface area contributed by atoms with Crippen molar-refractivity contribution < 1.29 is 14.4 Å². The van der Waals surface area contributed by atoms with Crippen molar-refractivity contribution in [1.29, 1.82) is 0 Å². The summed E-state index contributed by atoms with van der Waals surface area (Å²) in [5.74, 6) is -0.297. The van der Waals surface area contributed by atoms with Crippen molar-refractivity contribution in [2.45, 2.75) is 19.3 Å². The Bertz CT molecular complexity index is 618. The molecule has 0 saturated carbocycles. The summed E-state index contributed by atoms with van der Waals surface area (Å²) in [5.41, 5.74) is 2.55. The minimum Gasteiger partial charge on any atom is -0.481 e. The van der Waals surface area contributed by atoms with Crippen LogP contribution >= 0.6 is 11.6 Å². The Kier molecular flexibility index (Phi) is 3.03. The minimum atomic E-state index is -0.756. The van der Waals surface area contributed by atoms with Crippen molar-refractivity contribution in [1.82, 2.24) is 5.16 Å². The lowest BCUT2D eigenvalue weighted by Gasteiger charge is -2.17. The van der Waals surface area contributed by atoms with Crippen LogP contribution in [0.5, 0.6) is 0 Å². The molecule has 5 heteroatoms. The highest BCUT2D eigenvalue weighted by atomic mass is 35.5. The molecule has 2 aromatic rings. The van der Waals surface area contributed by atoms with E-state index in [1.54, 1.807) is 12.1 Å². The quantitative estimate of drug-likeness (QED) is 0.916. The number of aromatic nitrogens is 1. The largest absolute Gasteiger partial charge is 0.481 e. The van der Waals surface area contributed by atoms with Crippen molar-refractivity contribution in [2.75, 3.05) is 0 Å². The number of rotatable bonds is 2. The fourth-order valence-corrected chi connectivity index (χ4v) is 2.58. The maximum Gasteiger partial charge on any atom is 0.306 e. The van der Waals surface area contributed by atoms with Gasteiger partial charge in [0, 0.05) is 22.6 Å². The van der Waals surface area contributed by atoms with Gasteiger partial charge in [0.25, 0.3) is 0 Å². The summed E-state index contributed by atoms with van der Waals surface area (Å²) in [6, 6.07) is 7.31. The van der Waals surface area contributed by atoms with Crippen LogP contribution in [0.2, 0.25) is 5.02 Å². The average Bonchev–Trinajstić information content (AvgIpc) is 2.82. The van der Waals surface area contributed by atoms with Gasteiger partial charge in [0.1, 0.15) is 11.5 Å². The highest BCUT2D eigenvalue weighted by molar-refractivity contribution is 6.30. The summed E-state index contributed by atoms with van der Waals surface area (Å²) < 4.78 is 5.32. The van der Waals surface area contributed by atoms with Crippen molar-refractivity contribution in [2.24, 2.45) is 5.92 Å². The van der Waals surface area contributed by atoms with E-state index in [2.05, 4.69) is 5.16 Å². The molecule has 1 heterocycles. The van der Waals surface area contributed by atoms with Gasteiger partial charge in [0.05, 0.1) is 5.92 Å². The summed E-state index contributed by atoms with van der Waals surface area (Å²) in [4.78, 5) is 11.1. The molecule has 1 aliphatic rings. The summed E-state index contributed by atoms with van der Waals surface area (Å²) in [6.45, 7) is 0. The Morgan fingerprint density at radius 2 is 2.11 bits per heavy atom. The molecule has 1 N–H and O–H groups in total. The van der Waals surface area contributed by atoms with Gasteiger partial charge in [-0.3, -0.25) is 4.79 Å². The van der Waals surface area contributed by atoms with E-state index < -0.39 is 5.97 Å². The van der Waals surface area contributed by atoms with Gasteiger partial charge in [-0.15, -0.1) is 0 Å². The molecule has 0 fully saturated rings. The molecule has 0 amide bonds. The fraction of sp³-hybridized carbons (Fsp3) is 0.286. The van der Waals surface area contributed by atoms with Crippen LogP contribution in [0.4, 0.5) is 0 Å². The van der Waals surface area contributed by atoms with Crippen molar-refractivity contribution in [3.63, 3.8) is 0 Å². The number of aryl methyl sites for hydroxylation is 1. The number of carbonyl (C=O) groups is 1. The van der Waals surface area contributed by atoms with E-state index in [0.717, 1.165) is 22.6 Å². The number of benzene rings is 1. The summed E-state index contributed by atoms with van der Waals surface area (Å²) >= 11 is 5.86. The first-order valence-electron chi connectivity index (χ1n) is 6.11. The van der Waals surface area contributed by atoms with E-state index in [1.807, 2.05) is 12.1 Å². The Balaban J connectivity index is 1.99. The predicted octanol–water partition coefficient (Wildman–Crippen LogP) is 3.18. The molecule has 1 aromatic heterocycles. The summed E-state index contributed by atoms with van der Waals surface area (Å²) in [7, 11) is 0. The molecule has 0 saturated heterocycles. The summed E-state index contributed by atoms with van der Waals surface area (Å²) in [5, 5.41) is 13.9. The van der Waals surface area contributed by atoms with Crippen LogP contribution in [0.3, 0.4) is 0 Å². The van der Waals surface area contributed by atoms with E-state index in [0.29, 0.717) is 24.3 Å². The zero-order valence-electron chi connectivity index (χ0n) is 10.1. The molecule has 1 unspecified atom stereocenters. The van der Waals surface area contributed by atoms with Crippen LogP contribution < -0.4 is 0 Å². The molecule has 1 atom stereocenters. The first-order chi connectivity index (χ1) is 9.15. The molecule has 3 rings (SSSR count). The van der Waals surface area contributed by atoms with E-state index in [1.165, 1.54) is 0 Å². The number of hydrogen-bond acceptors (Lipinski definition) is 3. The second-order valence-corrected chi connectivity index (χ2v) is 5.15. The lowest BCUT2D eigenvalue weighted by atomic mass is 9.86. The topological polar surface area (TPSA) is 63.3 Å². The average molecular weight is 278 g/mol. The third kappa shape index (κ3) is 2.24. The Hall–Kier alpha value is -1.81. The molecule has 0 spiro atoms.